The number of amides is 4. The molecule has 0 saturated carbocycles. The van der Waals surface area contributed by atoms with E-state index in [1.807, 2.05) is 6.92 Å². The lowest BCUT2D eigenvalue weighted by molar-refractivity contribution is -0.142. The van der Waals surface area contributed by atoms with E-state index in [4.69, 9.17) is 5.73 Å². The van der Waals surface area contributed by atoms with Crippen LogP contribution in [0.15, 0.2) is 24.3 Å². The van der Waals surface area contributed by atoms with Crippen molar-refractivity contribution in [3.8, 4) is 5.75 Å². The molecule has 0 aliphatic carbocycles. The summed E-state index contributed by atoms with van der Waals surface area (Å²) in [6.07, 6.45) is 0.706. The van der Waals surface area contributed by atoms with Crippen molar-refractivity contribution in [1.82, 2.24) is 21.3 Å². The van der Waals surface area contributed by atoms with Crippen LogP contribution in [0.4, 0.5) is 0 Å². The third kappa shape index (κ3) is 9.40. The van der Waals surface area contributed by atoms with Crippen molar-refractivity contribution in [1.29, 1.82) is 0 Å². The maximum Gasteiger partial charge on any atom is 0.327 e. The number of nitrogens with one attached hydrogen (secondary N) is 4. The normalized spacial score (nSPS) is 25.1. The Labute approximate surface area is 229 Å². The molecule has 0 unspecified atom stereocenters. The van der Waals surface area contributed by atoms with Gasteiger partial charge in [0.2, 0.25) is 23.6 Å². The molecule has 0 radical (unpaired) electrons. The number of aliphatic carboxylic acids is 1. The minimum absolute atomic E-state index is 0.00797. The standard InChI is InChI=1S/C24H35N5O7S2/c1-4-12(2)19-23(34)28-18(24(35)36)11-38-37-10-17(22(33)26-13(3)20(31)29-19)27-21(32)16(25)9-14-5-7-15(30)8-6-14/h5-8,12-13,16-19,30H,4,9-11,25H2,1-3H3,(H,26,33)(H,27,32)(H,28,34)(H,29,31)(H,35,36)/t12-,13-,16-,17-,18-,19-/m0/s1. The van der Waals surface area contributed by atoms with Crippen LogP contribution in [-0.2, 0) is 30.4 Å². The van der Waals surface area contributed by atoms with E-state index >= 15 is 0 Å². The van der Waals surface area contributed by atoms with Crippen LogP contribution in [0, 0.1) is 5.92 Å². The smallest absolute Gasteiger partial charge is 0.327 e. The minimum Gasteiger partial charge on any atom is -0.508 e. The fourth-order valence-corrected chi connectivity index (χ4v) is 5.79. The van der Waals surface area contributed by atoms with Gasteiger partial charge in [-0.2, -0.15) is 0 Å². The Kier molecular flexibility index (Phi) is 12.2. The van der Waals surface area contributed by atoms with Crippen molar-refractivity contribution in [3.63, 3.8) is 0 Å². The molecule has 1 aliphatic rings. The molecule has 12 nitrogen and oxygen atoms in total. The number of aromatic hydroxyl groups is 1. The Morgan fingerprint density at radius 3 is 2.29 bits per heavy atom. The lowest BCUT2D eigenvalue weighted by atomic mass is 9.97. The zero-order valence-electron chi connectivity index (χ0n) is 21.4. The molecule has 0 spiro atoms. The van der Waals surface area contributed by atoms with Crippen LogP contribution in [0.5, 0.6) is 5.75 Å². The summed E-state index contributed by atoms with van der Waals surface area (Å²) < 4.78 is 0. The summed E-state index contributed by atoms with van der Waals surface area (Å²) in [5, 5.41) is 29.3. The second-order valence-corrected chi connectivity index (χ2v) is 11.7. The number of hydrogen-bond acceptors (Lipinski definition) is 9. The number of benzene rings is 1. The highest BCUT2D eigenvalue weighted by atomic mass is 33.1. The molecule has 6 atom stereocenters. The highest BCUT2D eigenvalue weighted by Crippen LogP contribution is 2.24. The van der Waals surface area contributed by atoms with E-state index in [0.29, 0.717) is 12.0 Å². The second-order valence-electron chi connectivity index (χ2n) is 9.11. The molecule has 0 aromatic heterocycles. The van der Waals surface area contributed by atoms with Crippen LogP contribution in [0.2, 0.25) is 0 Å². The van der Waals surface area contributed by atoms with Gasteiger partial charge in [0.25, 0.3) is 0 Å². The molecule has 210 valence electrons. The first-order valence-electron chi connectivity index (χ1n) is 12.1. The van der Waals surface area contributed by atoms with Gasteiger partial charge < -0.3 is 37.2 Å². The van der Waals surface area contributed by atoms with Crippen LogP contribution in [0.1, 0.15) is 32.8 Å². The van der Waals surface area contributed by atoms with Gasteiger partial charge in [0, 0.05) is 11.5 Å². The van der Waals surface area contributed by atoms with E-state index in [-0.39, 0.29) is 29.6 Å². The highest BCUT2D eigenvalue weighted by molar-refractivity contribution is 8.76. The average molecular weight is 570 g/mol. The second kappa shape index (κ2) is 14.8. The van der Waals surface area contributed by atoms with Gasteiger partial charge in [0.15, 0.2) is 0 Å². The van der Waals surface area contributed by atoms with Gasteiger partial charge in [-0.05, 0) is 37.0 Å². The molecule has 14 heteroatoms. The summed E-state index contributed by atoms with van der Waals surface area (Å²) >= 11 is 0. The Bertz CT molecular complexity index is 1010. The number of carbonyl (C=O) groups excluding carboxylic acids is 4. The van der Waals surface area contributed by atoms with Crippen LogP contribution in [0.25, 0.3) is 0 Å². The number of hydrogen-bond donors (Lipinski definition) is 7. The van der Waals surface area contributed by atoms with Gasteiger partial charge in [-0.1, -0.05) is 54.0 Å². The number of rotatable bonds is 7. The molecule has 0 bridgehead atoms. The maximum atomic E-state index is 13.0. The van der Waals surface area contributed by atoms with Gasteiger partial charge in [-0.3, -0.25) is 19.2 Å². The van der Waals surface area contributed by atoms with E-state index in [0.717, 1.165) is 21.6 Å². The van der Waals surface area contributed by atoms with Gasteiger partial charge in [-0.15, -0.1) is 0 Å². The molecule has 1 heterocycles. The van der Waals surface area contributed by atoms with Crippen molar-refractivity contribution in [2.24, 2.45) is 11.7 Å². The van der Waals surface area contributed by atoms with Crippen LogP contribution >= 0.6 is 21.6 Å². The number of nitrogens with two attached hydrogens (primary N) is 1. The summed E-state index contributed by atoms with van der Waals surface area (Å²) in [6.45, 7) is 5.04. The number of phenols is 1. The highest BCUT2D eigenvalue weighted by Gasteiger charge is 2.33. The van der Waals surface area contributed by atoms with Crippen molar-refractivity contribution in [2.75, 3.05) is 11.5 Å². The predicted octanol–water partition coefficient (Wildman–Crippen LogP) is -0.253. The Morgan fingerprint density at radius 1 is 1.05 bits per heavy atom. The van der Waals surface area contributed by atoms with Crippen molar-refractivity contribution in [2.45, 2.75) is 63.8 Å². The molecular formula is C24H35N5O7S2. The van der Waals surface area contributed by atoms with E-state index in [1.54, 1.807) is 19.1 Å². The molecule has 38 heavy (non-hydrogen) atoms. The van der Waals surface area contributed by atoms with Crippen molar-refractivity contribution in [3.05, 3.63) is 29.8 Å². The van der Waals surface area contributed by atoms with E-state index in [2.05, 4.69) is 21.3 Å². The molecule has 1 aromatic rings. The number of carboxylic acids is 1. The zero-order chi connectivity index (χ0) is 28.4. The summed E-state index contributed by atoms with van der Waals surface area (Å²) in [4.78, 5) is 63.2. The van der Waals surface area contributed by atoms with Gasteiger partial charge in [0.1, 0.15) is 29.9 Å². The first kappa shape index (κ1) is 31.2. The minimum atomic E-state index is -1.23. The SMILES string of the molecule is CC[C@H](C)[C@@H]1NC(=O)[C@H](C)NC(=O)[C@@H](NC(=O)[C@@H](N)Cc2ccc(O)cc2)CSSC[C@@H](C(=O)O)NC1=O. The van der Waals surface area contributed by atoms with E-state index < -0.39 is 59.8 Å². The Hall–Kier alpha value is -2.97. The van der Waals surface area contributed by atoms with Gasteiger partial charge in [-0.25, -0.2) is 4.79 Å². The molecule has 4 amide bonds. The number of carboxylic acid groups (broad SMARTS) is 1. The maximum absolute atomic E-state index is 13.0. The van der Waals surface area contributed by atoms with Crippen LogP contribution < -0.4 is 27.0 Å². The molecule has 8 N–H and O–H groups in total. The molecule has 1 aromatic carbocycles. The summed E-state index contributed by atoms with van der Waals surface area (Å²) in [5.74, 6) is -3.86. The van der Waals surface area contributed by atoms with Crippen molar-refractivity contribution >= 4 is 51.2 Å². The zero-order valence-corrected chi connectivity index (χ0v) is 23.1. The van der Waals surface area contributed by atoms with E-state index in [9.17, 15) is 34.2 Å². The first-order chi connectivity index (χ1) is 17.9. The van der Waals surface area contributed by atoms with Crippen LogP contribution in [0.3, 0.4) is 0 Å². The van der Waals surface area contributed by atoms with E-state index in [1.165, 1.54) is 19.1 Å². The Morgan fingerprint density at radius 2 is 1.68 bits per heavy atom. The average Bonchev–Trinajstić information content (AvgIpc) is 2.87. The fourth-order valence-electron chi connectivity index (χ4n) is 3.47. The summed E-state index contributed by atoms with van der Waals surface area (Å²) in [5.41, 5.74) is 6.76. The molecular weight excluding hydrogens is 534 g/mol. The summed E-state index contributed by atoms with van der Waals surface area (Å²) in [6, 6.07) is 0.916. The van der Waals surface area contributed by atoms with Crippen LogP contribution in [-0.4, -0.2) is 81.5 Å². The molecule has 1 fully saturated rings. The fraction of sp³-hybridized carbons (Fsp3) is 0.542. The Balaban J connectivity index is 2.18. The largest absolute Gasteiger partial charge is 0.508 e. The summed E-state index contributed by atoms with van der Waals surface area (Å²) in [7, 11) is 2.27. The molecule has 1 saturated heterocycles. The number of carbonyl (C=O) groups is 5. The third-order valence-electron chi connectivity index (χ3n) is 6.07. The third-order valence-corrected chi connectivity index (χ3v) is 8.50. The van der Waals surface area contributed by atoms with Gasteiger partial charge >= 0.3 is 5.97 Å². The predicted molar refractivity (Wildman–Crippen MR) is 145 cm³/mol. The monoisotopic (exact) mass is 569 g/mol. The number of phenolic OH excluding ortho intramolecular Hbond substituents is 1. The quantitative estimate of drug-likeness (QED) is 0.215. The lowest BCUT2D eigenvalue weighted by Gasteiger charge is -2.28. The first-order valence-corrected chi connectivity index (χ1v) is 14.6. The van der Waals surface area contributed by atoms with Crippen molar-refractivity contribution < 1.29 is 34.2 Å². The lowest BCUT2D eigenvalue weighted by Crippen LogP contribution is -2.59. The molecule has 2 rings (SSSR count). The molecule has 1 aliphatic heterocycles. The topological polar surface area (TPSA) is 200 Å². The van der Waals surface area contributed by atoms with Gasteiger partial charge in [0.05, 0.1) is 6.04 Å².